The van der Waals surface area contributed by atoms with E-state index in [0.717, 1.165) is 35.4 Å². The van der Waals surface area contributed by atoms with Gasteiger partial charge < -0.3 is 15.4 Å². The van der Waals surface area contributed by atoms with E-state index in [-0.39, 0.29) is 11.9 Å². The summed E-state index contributed by atoms with van der Waals surface area (Å²) in [5.74, 6) is 0.147. The van der Waals surface area contributed by atoms with Crippen molar-refractivity contribution in [1.82, 2.24) is 20.3 Å². The fourth-order valence-electron chi connectivity index (χ4n) is 3.57. The first-order valence-electron chi connectivity index (χ1n) is 9.84. The van der Waals surface area contributed by atoms with Crippen molar-refractivity contribution in [2.45, 2.75) is 6.10 Å². The molecule has 1 unspecified atom stereocenters. The van der Waals surface area contributed by atoms with Crippen molar-refractivity contribution in [1.29, 1.82) is 0 Å². The largest absolute Gasteiger partial charge is 0.369 e. The summed E-state index contributed by atoms with van der Waals surface area (Å²) in [4.78, 5) is 13.5. The van der Waals surface area contributed by atoms with Crippen LogP contribution in [0.4, 0.5) is 16.0 Å². The standard InChI is InChI=1S/C23H20FN5O/c24-19-7-2-1-5-17(19)18-6-3-4-15-12-27-23(29-22(15)18)28-16-8-9-20(26-13-16)21-14-25-10-11-30-21/h1-9,12-13,21,25H,10-11,14H2,(H,27,28,29). The summed E-state index contributed by atoms with van der Waals surface area (Å²) in [5.41, 5.74) is 3.58. The second-order valence-corrected chi connectivity index (χ2v) is 7.08. The van der Waals surface area contributed by atoms with Crippen LogP contribution in [-0.2, 0) is 4.74 Å². The SMILES string of the molecule is Fc1ccccc1-c1cccc2cnc(Nc3ccc(C4CNCCO4)nc3)nc12. The van der Waals surface area contributed by atoms with Gasteiger partial charge in [0.25, 0.3) is 0 Å². The number of nitrogens with zero attached hydrogens (tertiary/aromatic N) is 3. The molecule has 7 heteroatoms. The Morgan fingerprint density at radius 1 is 0.967 bits per heavy atom. The summed E-state index contributed by atoms with van der Waals surface area (Å²) < 4.78 is 20.1. The number of halogens is 1. The summed E-state index contributed by atoms with van der Waals surface area (Å²) in [6.45, 7) is 2.30. The number of nitrogens with one attached hydrogen (secondary N) is 2. The zero-order chi connectivity index (χ0) is 20.3. The number of hydrogen-bond donors (Lipinski definition) is 2. The summed E-state index contributed by atoms with van der Waals surface area (Å²) in [5, 5.41) is 7.33. The topological polar surface area (TPSA) is 72.0 Å². The third-order valence-corrected chi connectivity index (χ3v) is 5.07. The number of pyridine rings is 1. The molecule has 4 aromatic rings. The van der Waals surface area contributed by atoms with E-state index < -0.39 is 0 Å². The van der Waals surface area contributed by atoms with Crippen molar-refractivity contribution in [2.24, 2.45) is 0 Å². The molecule has 30 heavy (non-hydrogen) atoms. The first kappa shape index (κ1) is 18.6. The number of anilines is 2. The molecule has 5 rings (SSSR count). The maximum atomic E-state index is 14.4. The first-order chi connectivity index (χ1) is 14.8. The van der Waals surface area contributed by atoms with E-state index in [9.17, 15) is 4.39 Å². The minimum Gasteiger partial charge on any atom is -0.369 e. The van der Waals surface area contributed by atoms with Crippen LogP contribution in [0.1, 0.15) is 11.8 Å². The molecule has 1 aliphatic rings. The minimum absolute atomic E-state index is 0.0342. The number of morpholine rings is 1. The lowest BCUT2D eigenvalue weighted by Crippen LogP contribution is -2.33. The van der Waals surface area contributed by atoms with E-state index in [1.54, 1.807) is 24.5 Å². The van der Waals surface area contributed by atoms with Crippen molar-refractivity contribution in [3.63, 3.8) is 0 Å². The number of rotatable bonds is 4. The van der Waals surface area contributed by atoms with Crippen LogP contribution in [0, 0.1) is 5.82 Å². The van der Waals surface area contributed by atoms with Gasteiger partial charge in [-0.05, 0) is 18.2 Å². The predicted octanol–water partition coefficient (Wildman–Crippen LogP) is 4.24. The van der Waals surface area contributed by atoms with E-state index >= 15 is 0 Å². The second kappa shape index (κ2) is 8.14. The molecule has 2 aromatic heterocycles. The lowest BCUT2D eigenvalue weighted by Gasteiger charge is -2.23. The third kappa shape index (κ3) is 3.72. The monoisotopic (exact) mass is 401 g/mol. The maximum Gasteiger partial charge on any atom is 0.227 e. The number of hydrogen-bond acceptors (Lipinski definition) is 6. The Kier molecular flexibility index (Phi) is 5.04. The number of benzene rings is 2. The van der Waals surface area contributed by atoms with Crippen LogP contribution in [0.15, 0.2) is 67.0 Å². The fraction of sp³-hybridized carbons (Fsp3) is 0.174. The Morgan fingerprint density at radius 2 is 1.87 bits per heavy atom. The molecule has 0 aliphatic carbocycles. The molecule has 2 aromatic carbocycles. The van der Waals surface area contributed by atoms with Gasteiger partial charge >= 0.3 is 0 Å². The van der Waals surface area contributed by atoms with E-state index in [1.165, 1.54) is 6.07 Å². The summed E-state index contributed by atoms with van der Waals surface area (Å²) in [6, 6.07) is 16.2. The van der Waals surface area contributed by atoms with Crippen LogP contribution in [0.3, 0.4) is 0 Å². The van der Waals surface area contributed by atoms with Gasteiger partial charge in [0.15, 0.2) is 0 Å². The Hall–Kier alpha value is -3.42. The molecule has 6 nitrogen and oxygen atoms in total. The molecule has 0 saturated carbocycles. The lowest BCUT2D eigenvalue weighted by molar-refractivity contribution is 0.0250. The van der Waals surface area contributed by atoms with Crippen LogP contribution < -0.4 is 10.6 Å². The van der Waals surface area contributed by atoms with Gasteiger partial charge in [0.1, 0.15) is 11.9 Å². The van der Waals surface area contributed by atoms with E-state index in [1.807, 2.05) is 36.4 Å². The van der Waals surface area contributed by atoms with Crippen molar-refractivity contribution in [3.8, 4) is 11.1 Å². The molecular weight excluding hydrogens is 381 g/mol. The lowest BCUT2D eigenvalue weighted by atomic mass is 10.0. The molecule has 2 N–H and O–H groups in total. The van der Waals surface area contributed by atoms with Crippen LogP contribution in [0.5, 0.6) is 0 Å². The molecule has 1 saturated heterocycles. The van der Waals surface area contributed by atoms with Crippen molar-refractivity contribution in [3.05, 3.63) is 78.5 Å². The Balaban J connectivity index is 1.44. The first-order valence-corrected chi connectivity index (χ1v) is 9.84. The maximum absolute atomic E-state index is 14.4. The normalized spacial score (nSPS) is 16.5. The van der Waals surface area contributed by atoms with Crippen LogP contribution in [0.2, 0.25) is 0 Å². The molecule has 1 aliphatic heterocycles. The quantitative estimate of drug-likeness (QED) is 0.533. The molecule has 0 radical (unpaired) electrons. The zero-order valence-electron chi connectivity index (χ0n) is 16.2. The van der Waals surface area contributed by atoms with Crippen LogP contribution in [0.25, 0.3) is 22.0 Å². The van der Waals surface area contributed by atoms with Gasteiger partial charge in [0, 0.05) is 35.8 Å². The zero-order valence-corrected chi connectivity index (χ0v) is 16.2. The Bertz CT molecular complexity index is 1180. The molecular formula is C23H20FN5O. The summed E-state index contributed by atoms with van der Waals surface area (Å²) >= 11 is 0. The van der Waals surface area contributed by atoms with Gasteiger partial charge in [-0.2, -0.15) is 0 Å². The molecule has 3 heterocycles. The average molecular weight is 401 g/mol. The Labute approximate surface area is 173 Å². The van der Waals surface area contributed by atoms with E-state index in [0.29, 0.717) is 23.6 Å². The van der Waals surface area contributed by atoms with Crippen LogP contribution >= 0.6 is 0 Å². The highest BCUT2D eigenvalue weighted by Crippen LogP contribution is 2.30. The summed E-state index contributed by atoms with van der Waals surface area (Å²) in [6.07, 6.45) is 3.44. The van der Waals surface area contributed by atoms with Crippen LogP contribution in [-0.4, -0.2) is 34.6 Å². The third-order valence-electron chi connectivity index (χ3n) is 5.07. The smallest absolute Gasteiger partial charge is 0.227 e. The average Bonchev–Trinajstić information content (AvgIpc) is 2.80. The molecule has 1 atom stereocenters. The molecule has 1 fully saturated rings. The van der Waals surface area contributed by atoms with E-state index in [4.69, 9.17) is 4.74 Å². The number of ether oxygens (including phenoxy) is 1. The number of fused-ring (bicyclic) bond motifs is 1. The molecule has 0 bridgehead atoms. The summed E-state index contributed by atoms with van der Waals surface area (Å²) in [7, 11) is 0. The van der Waals surface area contributed by atoms with E-state index in [2.05, 4.69) is 25.6 Å². The molecule has 0 amide bonds. The van der Waals surface area contributed by atoms with Gasteiger partial charge in [-0.1, -0.05) is 36.4 Å². The van der Waals surface area contributed by atoms with Gasteiger partial charge in [-0.15, -0.1) is 0 Å². The Morgan fingerprint density at radius 3 is 2.67 bits per heavy atom. The minimum atomic E-state index is -0.280. The van der Waals surface area contributed by atoms with Crippen molar-refractivity contribution in [2.75, 3.05) is 25.0 Å². The molecule has 0 spiro atoms. The van der Waals surface area contributed by atoms with Gasteiger partial charge in [-0.25, -0.2) is 14.4 Å². The highest BCUT2D eigenvalue weighted by atomic mass is 19.1. The fourth-order valence-corrected chi connectivity index (χ4v) is 3.57. The van der Waals surface area contributed by atoms with Gasteiger partial charge in [0.2, 0.25) is 5.95 Å². The number of para-hydroxylation sites is 1. The van der Waals surface area contributed by atoms with Gasteiger partial charge in [0.05, 0.1) is 29.7 Å². The predicted molar refractivity (Wildman–Crippen MR) is 114 cm³/mol. The molecule has 150 valence electrons. The van der Waals surface area contributed by atoms with Crippen molar-refractivity contribution >= 4 is 22.5 Å². The van der Waals surface area contributed by atoms with Crippen molar-refractivity contribution < 1.29 is 9.13 Å². The second-order valence-electron chi connectivity index (χ2n) is 7.08. The highest BCUT2D eigenvalue weighted by Gasteiger charge is 2.17. The number of aromatic nitrogens is 3. The highest BCUT2D eigenvalue weighted by molar-refractivity contribution is 5.94. The van der Waals surface area contributed by atoms with Gasteiger partial charge in [-0.3, -0.25) is 4.98 Å².